The lowest BCUT2D eigenvalue weighted by molar-refractivity contribution is -0.151. The first-order valence-corrected chi connectivity index (χ1v) is 14.9. The molecule has 0 saturated heterocycles. The van der Waals surface area contributed by atoms with Crippen LogP contribution in [0.3, 0.4) is 0 Å². The molecule has 0 bridgehead atoms. The smallest absolute Gasteiger partial charge is 0.408 e. The van der Waals surface area contributed by atoms with Crippen molar-refractivity contribution in [2.24, 2.45) is 5.92 Å². The Morgan fingerprint density at radius 1 is 0.727 bits per heavy atom. The molecule has 0 unspecified atom stereocenters. The molecule has 0 aromatic heterocycles. The van der Waals surface area contributed by atoms with Crippen LogP contribution in [0.4, 0.5) is 4.79 Å². The van der Waals surface area contributed by atoms with Crippen molar-refractivity contribution in [1.29, 1.82) is 0 Å². The van der Waals surface area contributed by atoms with Crippen LogP contribution in [0, 0.1) is 5.92 Å². The van der Waals surface area contributed by atoms with Crippen molar-refractivity contribution in [2.45, 2.75) is 70.7 Å². The molecule has 0 fully saturated rings. The van der Waals surface area contributed by atoms with Gasteiger partial charge in [0, 0.05) is 13.5 Å². The van der Waals surface area contributed by atoms with Crippen LogP contribution in [-0.2, 0) is 43.3 Å². The molecule has 9 heteroatoms. The van der Waals surface area contributed by atoms with Gasteiger partial charge in [0.2, 0.25) is 11.8 Å². The lowest BCUT2D eigenvalue weighted by Crippen LogP contribution is -2.56. The molecule has 3 aromatic rings. The molecule has 3 atom stereocenters. The zero-order chi connectivity index (χ0) is 32.0. The van der Waals surface area contributed by atoms with Crippen molar-refractivity contribution in [3.05, 3.63) is 108 Å². The Morgan fingerprint density at radius 3 is 1.82 bits per heavy atom. The highest BCUT2D eigenvalue weighted by Gasteiger charge is 2.38. The average Bonchev–Trinajstić information content (AvgIpc) is 3.01. The fourth-order valence-corrected chi connectivity index (χ4v) is 4.71. The predicted molar refractivity (Wildman–Crippen MR) is 168 cm³/mol. The van der Waals surface area contributed by atoms with Gasteiger partial charge in [-0.1, -0.05) is 91.0 Å². The molecule has 0 saturated carbocycles. The Balaban J connectivity index is 1.90. The van der Waals surface area contributed by atoms with Gasteiger partial charge in [-0.2, -0.15) is 0 Å². The first kappa shape index (κ1) is 33.8. The summed E-state index contributed by atoms with van der Waals surface area (Å²) in [7, 11) is 1.50. The Labute approximate surface area is 259 Å². The third kappa shape index (κ3) is 11.6. The van der Waals surface area contributed by atoms with E-state index in [-0.39, 0.29) is 25.4 Å². The minimum Gasteiger partial charge on any atom is -0.459 e. The molecule has 3 aromatic carbocycles. The van der Waals surface area contributed by atoms with E-state index in [9.17, 15) is 19.2 Å². The van der Waals surface area contributed by atoms with E-state index in [4.69, 9.17) is 9.47 Å². The Kier molecular flexibility index (Phi) is 13.0. The summed E-state index contributed by atoms with van der Waals surface area (Å²) in [5.41, 5.74) is 1.84. The van der Waals surface area contributed by atoms with Crippen LogP contribution in [0.15, 0.2) is 91.0 Å². The number of hydrogen-bond acceptors (Lipinski definition) is 6. The molecule has 0 aliphatic carbocycles. The van der Waals surface area contributed by atoms with Crippen molar-refractivity contribution >= 4 is 23.9 Å². The van der Waals surface area contributed by atoms with E-state index in [1.807, 2.05) is 91.0 Å². The highest BCUT2D eigenvalue weighted by Crippen LogP contribution is 2.19. The number of esters is 1. The summed E-state index contributed by atoms with van der Waals surface area (Å²) in [6.45, 7) is 5.07. The van der Waals surface area contributed by atoms with Crippen LogP contribution in [0.5, 0.6) is 0 Å². The summed E-state index contributed by atoms with van der Waals surface area (Å²) in [6, 6.07) is 25.9. The maximum absolute atomic E-state index is 14.0. The second-order valence-corrected chi connectivity index (χ2v) is 11.6. The fraction of sp³-hybridized carbons (Fsp3) is 0.371. The van der Waals surface area contributed by atoms with Crippen molar-refractivity contribution in [2.75, 3.05) is 7.05 Å². The van der Waals surface area contributed by atoms with Gasteiger partial charge in [0.25, 0.3) is 0 Å². The van der Waals surface area contributed by atoms with Gasteiger partial charge in [-0.15, -0.1) is 0 Å². The van der Waals surface area contributed by atoms with Gasteiger partial charge >= 0.3 is 12.1 Å². The summed E-state index contributed by atoms with van der Waals surface area (Å²) in [5, 5.41) is 8.06. The van der Waals surface area contributed by atoms with E-state index in [1.165, 1.54) is 7.05 Å². The van der Waals surface area contributed by atoms with Crippen LogP contribution >= 0.6 is 0 Å². The minimum atomic E-state index is -1.37. The summed E-state index contributed by atoms with van der Waals surface area (Å²) >= 11 is 0. The number of carbonyl (C=O) groups excluding carboxylic acids is 4. The van der Waals surface area contributed by atoms with E-state index in [0.717, 1.165) is 16.7 Å². The largest absolute Gasteiger partial charge is 0.459 e. The number of carbonyl (C=O) groups is 4. The van der Waals surface area contributed by atoms with Gasteiger partial charge in [0.05, 0.1) is 5.92 Å². The molecule has 44 heavy (non-hydrogen) atoms. The van der Waals surface area contributed by atoms with Crippen molar-refractivity contribution in [3.63, 3.8) is 0 Å². The van der Waals surface area contributed by atoms with Gasteiger partial charge < -0.3 is 25.4 Å². The molecule has 234 valence electrons. The molecule has 0 radical (unpaired) electrons. The predicted octanol–water partition coefficient (Wildman–Crippen LogP) is 4.74. The standard InChI is InChI=1S/C35H43N3O6/c1-35(2,3)44-34(42)38-30(33(41)43-24-27-19-12-7-13-20-27)28(22-14-21-25-15-8-5-9-16-25)31(39)37-29(32(40)36-4)23-26-17-10-6-11-18-26/h5-13,15-20,28-30H,14,21-24H2,1-4H3,(H,36,40)(H,37,39)(H,38,42)/t28-,29+,30-/m1/s1. The molecule has 3 rings (SSSR count). The maximum Gasteiger partial charge on any atom is 0.408 e. The Morgan fingerprint density at radius 2 is 1.27 bits per heavy atom. The van der Waals surface area contributed by atoms with Crippen LogP contribution in [0.25, 0.3) is 0 Å². The zero-order valence-corrected chi connectivity index (χ0v) is 25.9. The molecule has 0 aliphatic rings. The summed E-state index contributed by atoms with van der Waals surface area (Å²) < 4.78 is 11.1. The van der Waals surface area contributed by atoms with E-state index >= 15 is 0 Å². The second kappa shape index (κ2) is 16.8. The first-order valence-electron chi connectivity index (χ1n) is 14.9. The SMILES string of the molecule is CNC(=O)[C@H](Cc1ccccc1)NC(=O)[C@H](CCCc1ccccc1)[C@@H](NC(=O)OC(C)(C)C)C(=O)OCc1ccccc1. The average molecular weight is 602 g/mol. The molecule has 0 aliphatic heterocycles. The highest BCUT2D eigenvalue weighted by atomic mass is 16.6. The van der Waals surface area contributed by atoms with Gasteiger partial charge in [0.15, 0.2) is 0 Å². The Hall–Kier alpha value is -4.66. The van der Waals surface area contributed by atoms with Gasteiger partial charge in [-0.05, 0) is 56.7 Å². The van der Waals surface area contributed by atoms with E-state index < -0.39 is 41.6 Å². The zero-order valence-electron chi connectivity index (χ0n) is 25.9. The third-order valence-corrected chi connectivity index (χ3v) is 6.87. The lowest BCUT2D eigenvalue weighted by Gasteiger charge is -2.29. The van der Waals surface area contributed by atoms with Crippen LogP contribution in [0.2, 0.25) is 0 Å². The maximum atomic E-state index is 14.0. The van der Waals surface area contributed by atoms with Gasteiger partial charge in [-0.25, -0.2) is 9.59 Å². The van der Waals surface area contributed by atoms with Crippen LogP contribution in [-0.4, -0.2) is 48.6 Å². The van der Waals surface area contributed by atoms with Gasteiger partial charge in [0.1, 0.15) is 24.3 Å². The summed E-state index contributed by atoms with van der Waals surface area (Å²) in [5.74, 6) is -2.77. The van der Waals surface area contributed by atoms with E-state index in [0.29, 0.717) is 12.8 Å². The highest BCUT2D eigenvalue weighted by molar-refractivity contribution is 5.93. The minimum absolute atomic E-state index is 0.0423. The molecular weight excluding hydrogens is 558 g/mol. The fourth-order valence-electron chi connectivity index (χ4n) is 4.71. The number of aryl methyl sites for hydroxylation is 1. The second-order valence-electron chi connectivity index (χ2n) is 11.6. The molecule has 9 nitrogen and oxygen atoms in total. The number of rotatable bonds is 14. The quantitative estimate of drug-likeness (QED) is 0.230. The summed E-state index contributed by atoms with van der Waals surface area (Å²) in [6.07, 6.45) is 0.793. The number of amides is 3. The number of ether oxygens (including phenoxy) is 2. The van der Waals surface area contributed by atoms with E-state index in [1.54, 1.807) is 20.8 Å². The summed E-state index contributed by atoms with van der Waals surface area (Å²) in [4.78, 5) is 53.4. The Bertz CT molecular complexity index is 1340. The van der Waals surface area contributed by atoms with Crippen molar-refractivity contribution in [1.82, 2.24) is 16.0 Å². The number of hydrogen-bond donors (Lipinski definition) is 3. The topological polar surface area (TPSA) is 123 Å². The number of nitrogens with one attached hydrogen (secondary N) is 3. The lowest BCUT2D eigenvalue weighted by atomic mass is 9.91. The van der Waals surface area contributed by atoms with Crippen molar-refractivity contribution in [3.8, 4) is 0 Å². The number of benzene rings is 3. The first-order chi connectivity index (χ1) is 21.1. The monoisotopic (exact) mass is 601 g/mol. The third-order valence-electron chi connectivity index (χ3n) is 6.87. The van der Waals surface area contributed by atoms with E-state index in [2.05, 4.69) is 16.0 Å². The number of alkyl carbamates (subject to hydrolysis) is 1. The molecular formula is C35H43N3O6. The van der Waals surface area contributed by atoms with Crippen molar-refractivity contribution < 1.29 is 28.7 Å². The molecule has 0 heterocycles. The number of likely N-dealkylation sites (N-methyl/N-ethyl adjacent to an activating group) is 1. The molecule has 3 amide bonds. The van der Waals surface area contributed by atoms with Crippen LogP contribution < -0.4 is 16.0 Å². The molecule has 0 spiro atoms. The van der Waals surface area contributed by atoms with Crippen LogP contribution in [0.1, 0.15) is 50.3 Å². The normalized spacial score (nSPS) is 13.1. The van der Waals surface area contributed by atoms with Gasteiger partial charge in [-0.3, -0.25) is 9.59 Å². The molecule has 3 N–H and O–H groups in total.